The van der Waals surface area contributed by atoms with Crippen LogP contribution in [0.1, 0.15) is 29.8 Å². The van der Waals surface area contributed by atoms with E-state index in [-0.39, 0.29) is 12.7 Å². The summed E-state index contributed by atoms with van der Waals surface area (Å²) in [5.41, 5.74) is 2.39. The lowest BCUT2D eigenvalue weighted by Gasteiger charge is -2.34. The number of hydrogen-bond donors (Lipinski definition) is 0. The number of rotatable bonds is 5. The van der Waals surface area contributed by atoms with Crippen LogP contribution >= 0.6 is 0 Å². The fourth-order valence-corrected chi connectivity index (χ4v) is 3.12. The first kappa shape index (κ1) is 18.4. The molecule has 0 saturated heterocycles. The number of nitrogens with zero attached hydrogens (tertiary/aromatic N) is 1. The van der Waals surface area contributed by atoms with Crippen LogP contribution in [0.2, 0.25) is 0 Å². The van der Waals surface area contributed by atoms with E-state index >= 15 is 0 Å². The van der Waals surface area contributed by atoms with Crippen molar-refractivity contribution >= 4 is 5.91 Å². The van der Waals surface area contributed by atoms with Crippen molar-refractivity contribution in [3.8, 4) is 11.5 Å². The summed E-state index contributed by atoms with van der Waals surface area (Å²) in [5.74, 6) is 0.714. The van der Waals surface area contributed by atoms with E-state index in [1.54, 1.807) is 11.2 Å². The Morgan fingerprint density at radius 1 is 1.07 bits per heavy atom. The highest BCUT2D eigenvalue weighted by atomic mass is 16.7. The molecule has 6 nitrogen and oxygen atoms in total. The highest BCUT2D eigenvalue weighted by Gasteiger charge is 2.29. The lowest BCUT2D eigenvalue weighted by atomic mass is 10.1. The fourth-order valence-electron chi connectivity index (χ4n) is 3.12. The van der Waals surface area contributed by atoms with Gasteiger partial charge in [0.15, 0.2) is 11.5 Å². The smallest absolute Gasteiger partial charge is 0.258 e. The Labute approximate surface area is 164 Å². The van der Waals surface area contributed by atoms with Gasteiger partial charge in [-0.1, -0.05) is 24.3 Å². The molecule has 28 heavy (non-hydrogen) atoms. The number of amides is 1. The van der Waals surface area contributed by atoms with E-state index in [1.165, 1.54) is 0 Å². The van der Waals surface area contributed by atoms with Crippen molar-refractivity contribution < 1.29 is 23.7 Å². The van der Waals surface area contributed by atoms with Gasteiger partial charge in [-0.05, 0) is 36.2 Å². The first-order chi connectivity index (χ1) is 13.5. The van der Waals surface area contributed by atoms with E-state index in [9.17, 15) is 4.79 Å². The van der Waals surface area contributed by atoms with Gasteiger partial charge in [-0.3, -0.25) is 4.79 Å². The largest absolute Gasteiger partial charge is 0.469 e. The van der Waals surface area contributed by atoms with Gasteiger partial charge in [0.05, 0.1) is 12.3 Å². The predicted octanol–water partition coefficient (Wildman–Crippen LogP) is 3.72. The van der Waals surface area contributed by atoms with Gasteiger partial charge >= 0.3 is 0 Å². The van der Waals surface area contributed by atoms with Crippen LogP contribution in [0.4, 0.5) is 0 Å². The molecule has 0 aromatic heterocycles. The van der Waals surface area contributed by atoms with Crippen molar-refractivity contribution in [2.45, 2.75) is 26.1 Å². The average Bonchev–Trinajstić information content (AvgIpc) is 3.17. The van der Waals surface area contributed by atoms with Crippen LogP contribution < -0.4 is 9.47 Å². The van der Waals surface area contributed by atoms with Crippen LogP contribution in [0, 0.1) is 0 Å². The molecule has 2 aromatic carbocycles. The Morgan fingerprint density at radius 3 is 2.61 bits per heavy atom. The maximum atomic E-state index is 13.1. The molecule has 0 atom stereocenters. The molecule has 2 aromatic rings. The molecular weight excluding hydrogens is 358 g/mol. The summed E-state index contributed by atoms with van der Waals surface area (Å²) in [5, 5.41) is 0. The Bertz CT molecular complexity index is 891. The maximum absolute atomic E-state index is 13.1. The van der Waals surface area contributed by atoms with Gasteiger partial charge in [0.2, 0.25) is 12.6 Å². The lowest BCUT2D eigenvalue weighted by molar-refractivity contribution is -0.193. The van der Waals surface area contributed by atoms with E-state index in [0.717, 1.165) is 17.1 Å². The molecule has 0 saturated carbocycles. The van der Waals surface area contributed by atoms with Gasteiger partial charge in [0.25, 0.3) is 5.91 Å². The first-order valence-electron chi connectivity index (χ1n) is 9.28. The third kappa shape index (κ3) is 3.97. The molecule has 2 aliphatic rings. The molecule has 0 bridgehead atoms. The number of ether oxygens (including phenoxy) is 4. The van der Waals surface area contributed by atoms with Crippen LogP contribution in [-0.4, -0.2) is 36.5 Å². The second-order valence-corrected chi connectivity index (χ2v) is 7.18. The number of benzene rings is 2. The Kier molecular flexibility index (Phi) is 4.96. The highest BCUT2D eigenvalue weighted by Crippen LogP contribution is 2.33. The molecule has 0 radical (unpaired) electrons. The number of fused-ring (bicyclic) bond motifs is 1. The van der Waals surface area contributed by atoms with Crippen molar-refractivity contribution in [1.29, 1.82) is 0 Å². The van der Waals surface area contributed by atoms with E-state index in [1.807, 2.05) is 62.4 Å². The van der Waals surface area contributed by atoms with Gasteiger partial charge in [0, 0.05) is 26.0 Å². The molecule has 0 N–H and O–H groups in total. The first-order valence-corrected chi connectivity index (χ1v) is 9.28. The van der Waals surface area contributed by atoms with Crippen molar-refractivity contribution in [3.05, 3.63) is 71.6 Å². The highest BCUT2D eigenvalue weighted by molar-refractivity contribution is 5.95. The number of carbonyl (C=O) groups excluding carboxylic acids is 1. The van der Waals surface area contributed by atoms with E-state index in [2.05, 4.69) is 0 Å². The molecule has 146 valence electrons. The van der Waals surface area contributed by atoms with Gasteiger partial charge in [-0.15, -0.1) is 0 Å². The average molecular weight is 381 g/mol. The van der Waals surface area contributed by atoms with Crippen LogP contribution in [0.25, 0.3) is 0 Å². The zero-order valence-electron chi connectivity index (χ0n) is 16.0. The lowest BCUT2D eigenvalue weighted by Crippen LogP contribution is -2.39. The van der Waals surface area contributed by atoms with E-state index < -0.39 is 5.79 Å². The maximum Gasteiger partial charge on any atom is 0.258 e. The predicted molar refractivity (Wildman–Crippen MR) is 103 cm³/mol. The van der Waals surface area contributed by atoms with Crippen LogP contribution in [-0.2, 0) is 15.9 Å². The zero-order valence-corrected chi connectivity index (χ0v) is 16.0. The third-order valence-corrected chi connectivity index (χ3v) is 4.72. The van der Waals surface area contributed by atoms with Crippen LogP contribution in [0.15, 0.2) is 60.5 Å². The quantitative estimate of drug-likeness (QED) is 0.790. The minimum Gasteiger partial charge on any atom is -0.469 e. The van der Waals surface area contributed by atoms with Gasteiger partial charge in [-0.2, -0.15) is 0 Å². The molecule has 6 heteroatoms. The van der Waals surface area contributed by atoms with Crippen molar-refractivity contribution in [2.24, 2.45) is 0 Å². The second kappa shape index (κ2) is 7.56. The standard InChI is InChI=1S/C22H23NO5/c1-22(2)27-13-18(14-28-22)23(21(24)17-6-4-3-5-7-17)11-10-16-8-9-19-20(12-16)26-15-25-19/h3-9,12-13H,10-11,14-15H2,1-2H3. The Hall–Kier alpha value is -2.99. The summed E-state index contributed by atoms with van der Waals surface area (Å²) in [6, 6.07) is 15.1. The van der Waals surface area contributed by atoms with E-state index in [0.29, 0.717) is 30.8 Å². The minimum absolute atomic E-state index is 0.0838. The molecule has 0 spiro atoms. The number of hydrogen-bond acceptors (Lipinski definition) is 5. The van der Waals surface area contributed by atoms with Crippen molar-refractivity contribution in [1.82, 2.24) is 4.90 Å². The summed E-state index contributed by atoms with van der Waals surface area (Å²) < 4.78 is 22.2. The molecule has 0 aliphatic carbocycles. The molecular formula is C22H23NO5. The molecule has 1 amide bonds. The van der Waals surface area contributed by atoms with Gasteiger partial charge in [-0.25, -0.2) is 0 Å². The molecule has 2 aliphatic heterocycles. The molecule has 0 unspecified atom stereocenters. The summed E-state index contributed by atoms with van der Waals surface area (Å²) in [6.45, 7) is 4.74. The van der Waals surface area contributed by atoms with Crippen LogP contribution in [0.5, 0.6) is 11.5 Å². The van der Waals surface area contributed by atoms with Crippen molar-refractivity contribution in [3.63, 3.8) is 0 Å². The van der Waals surface area contributed by atoms with Gasteiger partial charge in [0.1, 0.15) is 6.26 Å². The SMILES string of the molecule is CC1(C)OC=C(N(CCc2ccc3c(c2)OCO3)C(=O)c2ccccc2)CO1. The van der Waals surface area contributed by atoms with E-state index in [4.69, 9.17) is 18.9 Å². The Morgan fingerprint density at radius 2 is 1.86 bits per heavy atom. The molecule has 0 fully saturated rings. The minimum atomic E-state index is -0.692. The third-order valence-electron chi connectivity index (χ3n) is 4.72. The fraction of sp³-hybridized carbons (Fsp3) is 0.318. The summed E-state index contributed by atoms with van der Waals surface area (Å²) >= 11 is 0. The summed E-state index contributed by atoms with van der Waals surface area (Å²) in [4.78, 5) is 14.9. The zero-order chi connectivity index (χ0) is 19.6. The Balaban J connectivity index is 1.54. The number of carbonyl (C=O) groups is 1. The van der Waals surface area contributed by atoms with Crippen LogP contribution in [0.3, 0.4) is 0 Å². The topological polar surface area (TPSA) is 57.2 Å². The second-order valence-electron chi connectivity index (χ2n) is 7.18. The summed E-state index contributed by atoms with van der Waals surface area (Å²) in [7, 11) is 0. The van der Waals surface area contributed by atoms with Crippen molar-refractivity contribution in [2.75, 3.05) is 19.9 Å². The molecule has 4 rings (SSSR count). The van der Waals surface area contributed by atoms with Gasteiger partial charge < -0.3 is 23.8 Å². The molecule has 2 heterocycles. The normalized spacial score (nSPS) is 16.9. The monoisotopic (exact) mass is 381 g/mol. The summed E-state index contributed by atoms with van der Waals surface area (Å²) in [6.07, 6.45) is 2.29.